The SMILES string of the molecule is CC(C)N(C1CCCCC1)S(=O)(=O)c1cn(Cc2ccccc2)nc1-c1cccs1. The zero-order valence-electron chi connectivity index (χ0n) is 17.6. The maximum Gasteiger partial charge on any atom is 0.247 e. The smallest absolute Gasteiger partial charge is 0.247 e. The molecule has 2 heterocycles. The lowest BCUT2D eigenvalue weighted by molar-refractivity contribution is 0.220. The monoisotopic (exact) mass is 443 g/mol. The second kappa shape index (κ2) is 9.04. The summed E-state index contributed by atoms with van der Waals surface area (Å²) in [5.74, 6) is 0. The van der Waals surface area contributed by atoms with Crippen LogP contribution in [0.25, 0.3) is 10.6 Å². The standard InChI is InChI=1S/C23H29N3O2S2/c1-18(2)26(20-12-7-4-8-13-20)30(27,28)22-17-25(16-19-10-5-3-6-11-19)24-23(22)21-14-9-15-29-21/h3,5-6,9-11,14-15,17-18,20H,4,7-8,12-13,16H2,1-2H3. The van der Waals surface area contributed by atoms with Crippen molar-refractivity contribution in [3.05, 3.63) is 59.6 Å². The first kappa shape index (κ1) is 21.3. The van der Waals surface area contributed by atoms with Gasteiger partial charge in [0.15, 0.2) is 0 Å². The Kier molecular flexibility index (Phi) is 6.41. The van der Waals surface area contributed by atoms with Crippen LogP contribution in [0.1, 0.15) is 51.5 Å². The minimum Gasteiger partial charge on any atom is -0.266 e. The highest BCUT2D eigenvalue weighted by Gasteiger charge is 2.37. The van der Waals surface area contributed by atoms with E-state index in [4.69, 9.17) is 5.10 Å². The van der Waals surface area contributed by atoms with Crippen molar-refractivity contribution in [3.63, 3.8) is 0 Å². The molecule has 2 aromatic heterocycles. The zero-order valence-corrected chi connectivity index (χ0v) is 19.2. The van der Waals surface area contributed by atoms with Gasteiger partial charge in [-0.25, -0.2) is 8.42 Å². The molecule has 4 rings (SSSR count). The van der Waals surface area contributed by atoms with Gasteiger partial charge < -0.3 is 0 Å². The Labute approximate surface area is 183 Å². The molecule has 1 aromatic carbocycles. The van der Waals surface area contributed by atoms with E-state index in [0.29, 0.717) is 17.1 Å². The quantitative estimate of drug-likeness (QED) is 0.492. The van der Waals surface area contributed by atoms with Crippen molar-refractivity contribution < 1.29 is 8.42 Å². The maximum atomic E-state index is 13.9. The van der Waals surface area contributed by atoms with Gasteiger partial charge in [0.05, 0.1) is 11.4 Å². The Morgan fingerprint density at radius 1 is 1.10 bits per heavy atom. The van der Waals surface area contributed by atoms with Crippen LogP contribution in [0, 0.1) is 0 Å². The molecule has 0 unspecified atom stereocenters. The van der Waals surface area contributed by atoms with E-state index in [1.54, 1.807) is 15.2 Å². The molecule has 7 heteroatoms. The minimum atomic E-state index is -3.67. The van der Waals surface area contributed by atoms with Crippen LogP contribution in [0.5, 0.6) is 0 Å². The number of nitrogens with zero attached hydrogens (tertiary/aromatic N) is 3. The molecule has 0 amide bonds. The Morgan fingerprint density at radius 3 is 2.47 bits per heavy atom. The molecular weight excluding hydrogens is 414 g/mol. The van der Waals surface area contributed by atoms with Crippen molar-refractivity contribution in [2.45, 2.75) is 69.5 Å². The van der Waals surface area contributed by atoms with E-state index < -0.39 is 10.0 Å². The van der Waals surface area contributed by atoms with Gasteiger partial charge in [-0.15, -0.1) is 11.3 Å². The van der Waals surface area contributed by atoms with Crippen LogP contribution in [0.2, 0.25) is 0 Å². The molecule has 0 N–H and O–H groups in total. The Hall–Kier alpha value is -1.96. The fourth-order valence-electron chi connectivity index (χ4n) is 4.37. The summed E-state index contributed by atoms with van der Waals surface area (Å²) in [5, 5.41) is 6.68. The van der Waals surface area contributed by atoms with E-state index in [9.17, 15) is 8.42 Å². The minimum absolute atomic E-state index is 0.0670. The Bertz CT molecular complexity index is 1050. The highest BCUT2D eigenvalue weighted by Crippen LogP contribution is 2.35. The topological polar surface area (TPSA) is 55.2 Å². The van der Waals surface area contributed by atoms with Gasteiger partial charge >= 0.3 is 0 Å². The van der Waals surface area contributed by atoms with Crippen molar-refractivity contribution >= 4 is 21.4 Å². The fourth-order valence-corrected chi connectivity index (χ4v) is 7.20. The number of hydrogen-bond acceptors (Lipinski definition) is 4. The molecule has 1 saturated carbocycles. The molecule has 1 aliphatic carbocycles. The van der Waals surface area contributed by atoms with Crippen molar-refractivity contribution in [3.8, 4) is 10.6 Å². The molecule has 5 nitrogen and oxygen atoms in total. The average molecular weight is 444 g/mol. The van der Waals surface area contributed by atoms with Gasteiger partial charge in [-0.2, -0.15) is 9.40 Å². The van der Waals surface area contributed by atoms with Gasteiger partial charge in [-0.1, -0.05) is 55.7 Å². The summed E-state index contributed by atoms with van der Waals surface area (Å²) in [5.41, 5.74) is 1.65. The summed E-state index contributed by atoms with van der Waals surface area (Å²) < 4.78 is 31.4. The van der Waals surface area contributed by atoms with Gasteiger partial charge in [0.1, 0.15) is 10.6 Å². The molecule has 0 radical (unpaired) electrons. The third-order valence-electron chi connectivity index (χ3n) is 5.67. The molecule has 30 heavy (non-hydrogen) atoms. The summed E-state index contributed by atoms with van der Waals surface area (Å²) in [7, 11) is -3.67. The predicted molar refractivity (Wildman–Crippen MR) is 122 cm³/mol. The summed E-state index contributed by atoms with van der Waals surface area (Å²) in [4.78, 5) is 1.20. The van der Waals surface area contributed by atoms with E-state index in [0.717, 1.165) is 36.1 Å². The third-order valence-corrected chi connectivity index (χ3v) is 8.68. The van der Waals surface area contributed by atoms with E-state index in [-0.39, 0.29) is 12.1 Å². The summed E-state index contributed by atoms with van der Waals surface area (Å²) >= 11 is 1.52. The number of thiophene rings is 1. The van der Waals surface area contributed by atoms with Gasteiger partial charge in [-0.05, 0) is 43.7 Å². The summed E-state index contributed by atoms with van der Waals surface area (Å²) in [6.45, 7) is 4.50. The van der Waals surface area contributed by atoms with E-state index in [1.807, 2.05) is 61.7 Å². The molecule has 0 spiro atoms. The summed E-state index contributed by atoms with van der Waals surface area (Å²) in [6.07, 6.45) is 6.96. The average Bonchev–Trinajstić information content (AvgIpc) is 3.39. The number of sulfonamides is 1. The van der Waals surface area contributed by atoms with Crippen LogP contribution in [0.15, 0.2) is 58.9 Å². The van der Waals surface area contributed by atoms with Crippen molar-refractivity contribution in [1.82, 2.24) is 14.1 Å². The van der Waals surface area contributed by atoms with Crippen LogP contribution in [0.3, 0.4) is 0 Å². The number of benzene rings is 1. The van der Waals surface area contributed by atoms with Gasteiger partial charge in [-0.3, -0.25) is 4.68 Å². The van der Waals surface area contributed by atoms with Gasteiger partial charge in [0.2, 0.25) is 10.0 Å². The molecule has 1 aliphatic rings. The van der Waals surface area contributed by atoms with E-state index in [2.05, 4.69) is 0 Å². The largest absolute Gasteiger partial charge is 0.266 e. The predicted octanol–water partition coefficient (Wildman–Crippen LogP) is 5.39. The third kappa shape index (κ3) is 4.38. The zero-order chi connectivity index (χ0) is 21.1. The Morgan fingerprint density at radius 2 is 1.83 bits per heavy atom. The fraction of sp³-hybridized carbons (Fsp3) is 0.435. The highest BCUT2D eigenvalue weighted by atomic mass is 32.2. The molecule has 0 saturated heterocycles. The van der Waals surface area contributed by atoms with Gasteiger partial charge in [0, 0.05) is 18.3 Å². The second-order valence-corrected chi connectivity index (χ2v) is 11.0. The van der Waals surface area contributed by atoms with Crippen LogP contribution in [0.4, 0.5) is 0 Å². The van der Waals surface area contributed by atoms with E-state index >= 15 is 0 Å². The van der Waals surface area contributed by atoms with Crippen LogP contribution in [-0.2, 0) is 16.6 Å². The second-order valence-electron chi connectivity index (χ2n) is 8.22. The lowest BCUT2D eigenvalue weighted by Gasteiger charge is -2.36. The van der Waals surface area contributed by atoms with Crippen LogP contribution < -0.4 is 0 Å². The van der Waals surface area contributed by atoms with Crippen molar-refractivity contribution in [2.75, 3.05) is 0 Å². The normalized spacial score (nSPS) is 15.9. The molecular formula is C23H29N3O2S2. The molecule has 0 bridgehead atoms. The van der Waals surface area contributed by atoms with Crippen molar-refractivity contribution in [1.29, 1.82) is 0 Å². The highest BCUT2D eigenvalue weighted by molar-refractivity contribution is 7.89. The van der Waals surface area contributed by atoms with Crippen molar-refractivity contribution in [2.24, 2.45) is 0 Å². The van der Waals surface area contributed by atoms with Crippen LogP contribution >= 0.6 is 11.3 Å². The maximum absolute atomic E-state index is 13.9. The molecule has 160 valence electrons. The number of aromatic nitrogens is 2. The lowest BCUT2D eigenvalue weighted by Crippen LogP contribution is -2.45. The first-order chi connectivity index (χ1) is 14.5. The van der Waals surface area contributed by atoms with Crippen LogP contribution in [-0.4, -0.2) is 34.6 Å². The number of rotatable bonds is 7. The summed E-state index contributed by atoms with van der Waals surface area (Å²) in [6, 6.07) is 13.9. The molecule has 3 aromatic rings. The molecule has 0 aliphatic heterocycles. The number of hydrogen-bond donors (Lipinski definition) is 0. The lowest BCUT2D eigenvalue weighted by atomic mass is 9.95. The molecule has 0 atom stereocenters. The van der Waals surface area contributed by atoms with Gasteiger partial charge in [0.25, 0.3) is 0 Å². The first-order valence-electron chi connectivity index (χ1n) is 10.7. The Balaban J connectivity index is 1.77. The first-order valence-corrected chi connectivity index (χ1v) is 13.0. The molecule has 1 fully saturated rings. The van der Waals surface area contributed by atoms with E-state index in [1.165, 1.54) is 17.8 Å².